The third-order valence-electron chi connectivity index (χ3n) is 4.75. The lowest BCUT2D eigenvalue weighted by Gasteiger charge is -2.27. The average Bonchev–Trinajstić information content (AvgIpc) is 3.01. The number of carbonyl (C=O) groups excluding carboxylic acids is 2. The number of nitrogens with zero attached hydrogens (tertiary/aromatic N) is 3. The van der Waals surface area contributed by atoms with Crippen molar-refractivity contribution in [3.05, 3.63) is 42.2 Å². The topological polar surface area (TPSA) is 67.2 Å². The normalized spacial score (nSPS) is 11.7. The highest BCUT2D eigenvalue weighted by Gasteiger charge is 2.19. The molecule has 0 unspecified atom stereocenters. The molecule has 164 valence electrons. The van der Waals surface area contributed by atoms with Gasteiger partial charge in [-0.3, -0.25) is 9.59 Å². The molecule has 0 aliphatic heterocycles. The van der Waals surface area contributed by atoms with Crippen molar-refractivity contribution < 1.29 is 9.59 Å². The summed E-state index contributed by atoms with van der Waals surface area (Å²) in [6.07, 6.45) is 4.71. The van der Waals surface area contributed by atoms with E-state index in [2.05, 4.69) is 33.0 Å². The Morgan fingerprint density at radius 1 is 1.13 bits per heavy atom. The quantitative estimate of drug-likeness (QED) is 0.451. The Kier molecular flexibility index (Phi) is 9.09. The number of rotatable bonds is 11. The first kappa shape index (κ1) is 23.6. The minimum absolute atomic E-state index is 0.0841. The molecule has 0 bridgehead atoms. The van der Waals surface area contributed by atoms with Gasteiger partial charge in [0.1, 0.15) is 12.4 Å². The van der Waals surface area contributed by atoms with Crippen molar-refractivity contribution in [1.82, 2.24) is 19.8 Å². The van der Waals surface area contributed by atoms with Crippen LogP contribution in [0.3, 0.4) is 0 Å². The predicted octanol–water partition coefficient (Wildman–Crippen LogP) is 3.80. The van der Waals surface area contributed by atoms with Crippen LogP contribution in [0.5, 0.6) is 0 Å². The molecule has 2 rings (SSSR count). The molecule has 0 fully saturated rings. The molecule has 0 saturated heterocycles. The molecule has 1 aromatic heterocycles. The molecule has 30 heavy (non-hydrogen) atoms. The first-order chi connectivity index (χ1) is 14.3. The van der Waals surface area contributed by atoms with Gasteiger partial charge in [-0.2, -0.15) is 0 Å². The van der Waals surface area contributed by atoms with E-state index in [1.165, 1.54) is 6.08 Å². The van der Waals surface area contributed by atoms with E-state index in [1.807, 2.05) is 40.7 Å². The van der Waals surface area contributed by atoms with E-state index in [4.69, 9.17) is 4.98 Å². The summed E-state index contributed by atoms with van der Waals surface area (Å²) in [5.41, 5.74) is 1.88. The molecule has 0 aliphatic carbocycles. The maximum Gasteiger partial charge on any atom is 0.243 e. The fourth-order valence-electron chi connectivity index (χ4n) is 3.56. The third kappa shape index (κ3) is 7.01. The van der Waals surface area contributed by atoms with Crippen molar-refractivity contribution in [3.63, 3.8) is 0 Å². The van der Waals surface area contributed by atoms with Gasteiger partial charge in [0.25, 0.3) is 0 Å². The van der Waals surface area contributed by atoms with Crippen LogP contribution < -0.4 is 5.32 Å². The fourth-order valence-corrected chi connectivity index (χ4v) is 3.56. The zero-order chi connectivity index (χ0) is 22.1. The van der Waals surface area contributed by atoms with Gasteiger partial charge < -0.3 is 14.8 Å². The summed E-state index contributed by atoms with van der Waals surface area (Å²) in [5, 5.41) is 2.87. The van der Waals surface area contributed by atoms with E-state index in [-0.39, 0.29) is 11.8 Å². The summed E-state index contributed by atoms with van der Waals surface area (Å²) in [6, 6.07) is 7.94. The SMILES string of the molecule is C/C=C\C(=O)NCCCc1nc2ccccc2n1CC(=O)N(CC(C)C)CC(C)C. The molecule has 6 nitrogen and oxygen atoms in total. The number of benzene rings is 1. The number of allylic oxidation sites excluding steroid dienone is 1. The monoisotopic (exact) mass is 412 g/mol. The standard InChI is InChI=1S/C24H36N4O2/c1-6-10-23(29)25-14-9-13-22-26-20-11-7-8-12-21(20)28(22)17-24(30)27(15-18(2)3)16-19(4)5/h6-8,10-12,18-19H,9,13-17H2,1-5H3,(H,25,29)/b10-6-. The summed E-state index contributed by atoms with van der Waals surface area (Å²) in [6.45, 7) is 12.8. The summed E-state index contributed by atoms with van der Waals surface area (Å²) in [7, 11) is 0. The van der Waals surface area contributed by atoms with Gasteiger partial charge in [-0.25, -0.2) is 4.98 Å². The van der Waals surface area contributed by atoms with E-state index in [9.17, 15) is 9.59 Å². The van der Waals surface area contributed by atoms with Gasteiger partial charge in [-0.15, -0.1) is 0 Å². The number of carbonyl (C=O) groups is 2. The number of hydrogen-bond acceptors (Lipinski definition) is 3. The highest BCUT2D eigenvalue weighted by Crippen LogP contribution is 2.18. The summed E-state index contributed by atoms with van der Waals surface area (Å²) < 4.78 is 2.04. The first-order valence-corrected chi connectivity index (χ1v) is 10.9. The van der Waals surface area contributed by atoms with Crippen LogP contribution in [-0.4, -0.2) is 45.9 Å². The number of hydrogen-bond donors (Lipinski definition) is 1. The van der Waals surface area contributed by atoms with E-state index >= 15 is 0 Å². The van der Waals surface area contributed by atoms with Crippen molar-refractivity contribution in [2.45, 2.75) is 54.0 Å². The molecule has 6 heteroatoms. The van der Waals surface area contributed by atoms with Gasteiger partial charge in [0.15, 0.2) is 0 Å². The second kappa shape index (κ2) is 11.5. The Morgan fingerprint density at radius 3 is 2.43 bits per heavy atom. The maximum absolute atomic E-state index is 13.2. The second-order valence-electron chi connectivity index (χ2n) is 8.58. The number of amides is 2. The van der Waals surface area contributed by atoms with Gasteiger partial charge in [-0.05, 0) is 43.4 Å². The lowest BCUT2D eigenvalue weighted by atomic mass is 10.1. The van der Waals surface area contributed by atoms with Crippen LogP contribution in [0.1, 0.15) is 46.9 Å². The molecule has 1 N–H and O–H groups in total. The van der Waals surface area contributed by atoms with Crippen LogP contribution in [0, 0.1) is 11.8 Å². The molecule has 2 aromatic rings. The van der Waals surface area contributed by atoms with Crippen molar-refractivity contribution in [1.29, 1.82) is 0 Å². The Bertz CT molecular complexity index is 857. The average molecular weight is 413 g/mol. The Balaban J connectivity index is 2.16. The molecule has 2 amide bonds. The Labute approximate surface area is 180 Å². The molecule has 0 aliphatic rings. The highest BCUT2D eigenvalue weighted by molar-refractivity contribution is 5.87. The third-order valence-corrected chi connectivity index (χ3v) is 4.75. The summed E-state index contributed by atoms with van der Waals surface area (Å²) >= 11 is 0. The Morgan fingerprint density at radius 2 is 1.80 bits per heavy atom. The second-order valence-corrected chi connectivity index (χ2v) is 8.58. The lowest BCUT2D eigenvalue weighted by molar-refractivity contribution is -0.132. The minimum atomic E-state index is -0.0841. The lowest BCUT2D eigenvalue weighted by Crippen LogP contribution is -2.39. The molecule has 1 aromatic carbocycles. The highest BCUT2D eigenvalue weighted by atomic mass is 16.2. The van der Waals surface area contributed by atoms with Crippen molar-refractivity contribution >= 4 is 22.8 Å². The fraction of sp³-hybridized carbons (Fsp3) is 0.542. The summed E-state index contributed by atoms with van der Waals surface area (Å²) in [5.74, 6) is 1.78. The number of para-hydroxylation sites is 2. The largest absolute Gasteiger partial charge is 0.353 e. The van der Waals surface area contributed by atoms with Gasteiger partial charge >= 0.3 is 0 Å². The van der Waals surface area contributed by atoms with E-state index in [0.29, 0.717) is 31.3 Å². The van der Waals surface area contributed by atoms with Gasteiger partial charge in [0.05, 0.1) is 11.0 Å². The zero-order valence-corrected chi connectivity index (χ0v) is 19.0. The molecule has 0 spiro atoms. The smallest absolute Gasteiger partial charge is 0.243 e. The number of aromatic nitrogens is 2. The molecule has 0 saturated carbocycles. The molecule has 0 radical (unpaired) electrons. The molecule has 1 heterocycles. The van der Waals surface area contributed by atoms with Gasteiger partial charge in [0.2, 0.25) is 11.8 Å². The van der Waals surface area contributed by atoms with E-state index < -0.39 is 0 Å². The Hall–Kier alpha value is -2.63. The maximum atomic E-state index is 13.2. The van der Waals surface area contributed by atoms with Crippen LogP contribution in [0.2, 0.25) is 0 Å². The van der Waals surface area contributed by atoms with Crippen LogP contribution in [-0.2, 0) is 22.6 Å². The molecular weight excluding hydrogens is 376 g/mol. The van der Waals surface area contributed by atoms with Crippen LogP contribution in [0.4, 0.5) is 0 Å². The van der Waals surface area contributed by atoms with Crippen molar-refractivity contribution in [2.24, 2.45) is 11.8 Å². The predicted molar refractivity (Wildman–Crippen MR) is 122 cm³/mol. The number of fused-ring (bicyclic) bond motifs is 1. The van der Waals surface area contributed by atoms with E-state index in [0.717, 1.165) is 36.4 Å². The summed E-state index contributed by atoms with van der Waals surface area (Å²) in [4.78, 5) is 31.5. The number of aryl methyl sites for hydroxylation is 1. The zero-order valence-electron chi connectivity index (χ0n) is 19.0. The molecule has 0 atom stereocenters. The minimum Gasteiger partial charge on any atom is -0.353 e. The number of nitrogens with one attached hydrogen (secondary N) is 1. The number of imidazole rings is 1. The van der Waals surface area contributed by atoms with Crippen LogP contribution in [0.15, 0.2) is 36.4 Å². The van der Waals surface area contributed by atoms with Crippen LogP contribution in [0.25, 0.3) is 11.0 Å². The van der Waals surface area contributed by atoms with Crippen LogP contribution >= 0.6 is 0 Å². The van der Waals surface area contributed by atoms with Gasteiger partial charge in [-0.1, -0.05) is 45.9 Å². The molecular formula is C24H36N4O2. The van der Waals surface area contributed by atoms with Gasteiger partial charge in [0, 0.05) is 26.1 Å². The van der Waals surface area contributed by atoms with E-state index in [1.54, 1.807) is 6.08 Å². The first-order valence-electron chi connectivity index (χ1n) is 10.9. The van der Waals surface area contributed by atoms with Crippen molar-refractivity contribution in [2.75, 3.05) is 19.6 Å². The van der Waals surface area contributed by atoms with Crippen molar-refractivity contribution in [3.8, 4) is 0 Å².